The van der Waals surface area contributed by atoms with Crippen LogP contribution in [0.15, 0.2) is 112 Å². The molecule has 0 fully saturated rings. The van der Waals surface area contributed by atoms with Crippen molar-refractivity contribution in [3.05, 3.63) is 130 Å². The predicted molar refractivity (Wildman–Crippen MR) is 140 cm³/mol. The van der Waals surface area contributed by atoms with Crippen LogP contribution in [0.5, 0.6) is 0 Å². The van der Waals surface area contributed by atoms with E-state index in [2.05, 4.69) is 84.0 Å². The maximum Gasteiger partial charge on any atom is 0.174 e. The van der Waals surface area contributed by atoms with Crippen LogP contribution in [0.2, 0.25) is 0 Å². The first-order valence-electron chi connectivity index (χ1n) is 11.7. The van der Waals surface area contributed by atoms with Crippen LogP contribution in [0.4, 0.5) is 4.39 Å². The number of rotatable bonds is 3. The lowest BCUT2D eigenvalue weighted by Crippen LogP contribution is -2.35. The van der Waals surface area contributed by atoms with Crippen LogP contribution in [0, 0.1) is 11.7 Å². The molecule has 0 radical (unpaired) electrons. The Morgan fingerprint density at radius 2 is 1.62 bits per heavy atom. The van der Waals surface area contributed by atoms with Gasteiger partial charge in [0.15, 0.2) is 5.17 Å². The van der Waals surface area contributed by atoms with Crippen molar-refractivity contribution in [1.29, 1.82) is 0 Å². The van der Waals surface area contributed by atoms with Crippen LogP contribution in [0.1, 0.15) is 42.5 Å². The Kier molecular flexibility index (Phi) is 5.46. The number of benzene rings is 3. The lowest BCUT2D eigenvalue weighted by molar-refractivity contribution is 0.425. The minimum atomic E-state index is -0.219. The highest BCUT2D eigenvalue weighted by Crippen LogP contribution is 2.51. The van der Waals surface area contributed by atoms with E-state index >= 15 is 0 Å². The van der Waals surface area contributed by atoms with E-state index in [0.29, 0.717) is 5.92 Å². The van der Waals surface area contributed by atoms with Crippen LogP contribution in [-0.2, 0) is 0 Å². The highest BCUT2D eigenvalue weighted by Gasteiger charge is 2.41. The number of thioether (sulfide) groups is 1. The van der Waals surface area contributed by atoms with Gasteiger partial charge in [0, 0.05) is 5.41 Å². The Morgan fingerprint density at radius 3 is 2.35 bits per heavy atom. The lowest BCUT2D eigenvalue weighted by Gasteiger charge is -2.41. The number of nitrogens with zero attached hydrogens (tertiary/aromatic N) is 2. The van der Waals surface area contributed by atoms with E-state index in [-0.39, 0.29) is 11.9 Å². The van der Waals surface area contributed by atoms with Crippen molar-refractivity contribution in [1.82, 2.24) is 4.90 Å². The van der Waals surface area contributed by atoms with Gasteiger partial charge in [-0.1, -0.05) is 79.3 Å². The summed E-state index contributed by atoms with van der Waals surface area (Å²) in [5.41, 5.74) is 8.37. The molecule has 2 unspecified atom stereocenters. The van der Waals surface area contributed by atoms with Crippen molar-refractivity contribution in [3.63, 3.8) is 0 Å². The Morgan fingerprint density at radius 1 is 0.912 bits per heavy atom. The van der Waals surface area contributed by atoms with E-state index in [1.54, 1.807) is 11.8 Å². The number of allylic oxidation sites excluding steroid dienone is 1. The molecular formula is C30H25FN2S. The molecule has 2 heterocycles. The molecule has 0 bridgehead atoms. The summed E-state index contributed by atoms with van der Waals surface area (Å²) in [5, 5.41) is 3.14. The number of amidine groups is 1. The molecule has 0 N–H and O–H groups in total. The monoisotopic (exact) mass is 464 g/mol. The zero-order valence-corrected chi connectivity index (χ0v) is 19.8. The van der Waals surface area contributed by atoms with E-state index in [0.717, 1.165) is 35.0 Å². The second kappa shape index (κ2) is 8.77. The predicted octanol–water partition coefficient (Wildman–Crippen LogP) is 8.05. The summed E-state index contributed by atoms with van der Waals surface area (Å²) in [6.45, 7) is 2.33. The molecule has 3 aromatic carbocycles. The fourth-order valence-corrected chi connectivity index (χ4v) is 6.13. The standard InChI is InChI=1S/C30H25FN2S/c1-20-16-24(18-21-8-4-2-5-9-21)28-26(17-20)29(23-10-6-3-7-11-23)33-27(19-34-30(33)32-28)22-12-14-25(31)15-13-22/h2-15,18-20,29H,16-17H2,1H3/b24-18-. The van der Waals surface area contributed by atoms with Crippen molar-refractivity contribution in [2.24, 2.45) is 10.9 Å². The molecule has 34 heavy (non-hydrogen) atoms. The molecule has 6 rings (SSSR count). The quantitative estimate of drug-likeness (QED) is 0.390. The zero-order valence-electron chi connectivity index (χ0n) is 19.0. The lowest BCUT2D eigenvalue weighted by atomic mass is 9.78. The SMILES string of the molecule is CC1CC2=C(N=C3SC=C(c4ccc(F)cc4)N3C2c2ccccc2)/C(=C\c2ccccc2)C1. The van der Waals surface area contributed by atoms with Gasteiger partial charge in [-0.25, -0.2) is 9.38 Å². The molecule has 168 valence electrons. The summed E-state index contributed by atoms with van der Waals surface area (Å²) in [5.74, 6) is 0.314. The summed E-state index contributed by atoms with van der Waals surface area (Å²) in [7, 11) is 0. The maximum absolute atomic E-state index is 13.7. The Bertz CT molecular complexity index is 1340. The minimum absolute atomic E-state index is 0.0666. The third-order valence-corrected chi connectivity index (χ3v) is 7.52. The van der Waals surface area contributed by atoms with Crippen LogP contribution in [0.25, 0.3) is 11.8 Å². The van der Waals surface area contributed by atoms with E-state index in [9.17, 15) is 4.39 Å². The van der Waals surface area contributed by atoms with Crippen molar-refractivity contribution in [2.45, 2.75) is 25.8 Å². The molecule has 0 aromatic heterocycles. The minimum Gasteiger partial charge on any atom is -0.308 e. The Labute approximate surface area is 204 Å². The number of aliphatic imine (C=N–C) groups is 1. The average molecular weight is 465 g/mol. The Balaban J connectivity index is 1.51. The van der Waals surface area contributed by atoms with E-state index in [1.165, 1.54) is 34.4 Å². The first-order chi connectivity index (χ1) is 16.7. The maximum atomic E-state index is 13.7. The molecule has 2 aliphatic heterocycles. The van der Waals surface area contributed by atoms with E-state index in [1.807, 2.05) is 12.1 Å². The van der Waals surface area contributed by atoms with Gasteiger partial charge in [0.2, 0.25) is 0 Å². The molecule has 3 aromatic rings. The average Bonchev–Trinajstić information content (AvgIpc) is 3.28. The number of hydrogen-bond donors (Lipinski definition) is 0. The van der Waals surface area contributed by atoms with Gasteiger partial charge < -0.3 is 4.90 Å². The van der Waals surface area contributed by atoms with Gasteiger partial charge in [0.1, 0.15) is 5.82 Å². The fourth-order valence-electron chi connectivity index (χ4n) is 5.20. The molecular weight excluding hydrogens is 439 g/mol. The number of fused-ring (bicyclic) bond motifs is 1. The molecule has 4 heteroatoms. The van der Waals surface area contributed by atoms with Gasteiger partial charge in [0.25, 0.3) is 0 Å². The zero-order chi connectivity index (χ0) is 23.1. The van der Waals surface area contributed by atoms with Crippen LogP contribution in [0.3, 0.4) is 0 Å². The normalized spacial score (nSPS) is 22.9. The molecule has 1 aliphatic carbocycles. The van der Waals surface area contributed by atoms with Gasteiger partial charge >= 0.3 is 0 Å². The molecule has 0 saturated heterocycles. The molecule has 0 spiro atoms. The summed E-state index contributed by atoms with van der Waals surface area (Å²) in [6, 6.07) is 28.1. The van der Waals surface area contributed by atoms with Gasteiger partial charge in [-0.3, -0.25) is 0 Å². The van der Waals surface area contributed by atoms with Gasteiger partial charge in [-0.15, -0.1) is 0 Å². The van der Waals surface area contributed by atoms with Crippen LogP contribution < -0.4 is 0 Å². The fraction of sp³-hybridized carbons (Fsp3) is 0.167. The summed E-state index contributed by atoms with van der Waals surface area (Å²) in [6.07, 6.45) is 4.34. The van der Waals surface area contributed by atoms with Gasteiger partial charge in [0.05, 0.1) is 17.4 Å². The van der Waals surface area contributed by atoms with Gasteiger partial charge in [-0.2, -0.15) is 0 Å². The highest BCUT2D eigenvalue weighted by molar-refractivity contribution is 8.16. The molecule has 2 nitrogen and oxygen atoms in total. The highest BCUT2D eigenvalue weighted by atomic mass is 32.2. The summed E-state index contributed by atoms with van der Waals surface area (Å²) >= 11 is 1.66. The van der Waals surface area contributed by atoms with Crippen molar-refractivity contribution in [2.75, 3.05) is 0 Å². The van der Waals surface area contributed by atoms with Crippen molar-refractivity contribution < 1.29 is 4.39 Å². The first-order valence-corrected chi connectivity index (χ1v) is 12.6. The van der Waals surface area contributed by atoms with Gasteiger partial charge in [-0.05, 0) is 76.9 Å². The van der Waals surface area contributed by atoms with Crippen LogP contribution in [-0.4, -0.2) is 10.1 Å². The van der Waals surface area contributed by atoms with E-state index in [4.69, 9.17) is 4.99 Å². The topological polar surface area (TPSA) is 15.6 Å². The second-order valence-corrected chi connectivity index (χ2v) is 10.0. The smallest absolute Gasteiger partial charge is 0.174 e. The molecule has 0 amide bonds. The first kappa shape index (κ1) is 21.2. The molecule has 3 aliphatic rings. The number of halogens is 1. The van der Waals surface area contributed by atoms with Crippen molar-refractivity contribution in [3.8, 4) is 0 Å². The molecule has 2 atom stereocenters. The summed E-state index contributed by atoms with van der Waals surface area (Å²) < 4.78 is 13.7. The van der Waals surface area contributed by atoms with Crippen molar-refractivity contribution >= 4 is 28.7 Å². The summed E-state index contributed by atoms with van der Waals surface area (Å²) in [4.78, 5) is 7.59. The molecule has 0 saturated carbocycles. The third kappa shape index (κ3) is 3.82. The largest absolute Gasteiger partial charge is 0.308 e. The second-order valence-electron chi connectivity index (χ2n) is 9.17. The van der Waals surface area contributed by atoms with E-state index < -0.39 is 0 Å². The number of hydrogen-bond acceptors (Lipinski definition) is 3. The Hall–Kier alpha value is -3.37. The third-order valence-electron chi connectivity index (χ3n) is 6.68. The van der Waals surface area contributed by atoms with Crippen LogP contribution >= 0.6 is 11.8 Å².